The van der Waals surface area contributed by atoms with Crippen LogP contribution in [0.4, 0.5) is 5.69 Å². The van der Waals surface area contributed by atoms with Crippen molar-refractivity contribution in [3.8, 4) is 0 Å². The van der Waals surface area contributed by atoms with Crippen LogP contribution >= 0.6 is 0 Å². The van der Waals surface area contributed by atoms with E-state index in [1.54, 1.807) is 0 Å². The summed E-state index contributed by atoms with van der Waals surface area (Å²) in [5, 5.41) is 12.0. The molecule has 0 radical (unpaired) electrons. The maximum atomic E-state index is 10.8. The number of benzene rings is 1. The van der Waals surface area contributed by atoms with Crippen molar-refractivity contribution in [3.63, 3.8) is 0 Å². The van der Waals surface area contributed by atoms with Crippen LogP contribution in [0.1, 0.15) is 45.1 Å². The molecule has 0 saturated carbocycles. The van der Waals surface area contributed by atoms with Gasteiger partial charge in [-0.3, -0.25) is 9.35 Å². The summed E-state index contributed by atoms with van der Waals surface area (Å²) >= 11 is 0. The third kappa shape index (κ3) is 9.29. The van der Waals surface area contributed by atoms with E-state index in [1.807, 2.05) is 31.2 Å². The minimum Gasteiger partial charge on any atom is -0.481 e. The van der Waals surface area contributed by atoms with E-state index in [0.717, 1.165) is 11.3 Å². The number of hydrogen-bond acceptors (Lipinski definition) is 4. The van der Waals surface area contributed by atoms with Gasteiger partial charge in [-0.2, -0.15) is 15.3 Å². The topological polar surface area (TPSA) is 104 Å². The van der Waals surface area contributed by atoms with E-state index in [1.165, 1.54) is 0 Å². The molecule has 0 bridgehead atoms. The average Bonchev–Trinajstić information content (AvgIpc) is 2.50. The van der Waals surface area contributed by atoms with Crippen LogP contribution in [-0.4, -0.2) is 36.3 Å². The molecule has 0 heterocycles. The average molecular weight is 589 g/mol. The third-order valence-corrected chi connectivity index (χ3v) is 4.97. The van der Waals surface area contributed by atoms with Crippen LogP contribution in [0.25, 0.3) is 0 Å². The first-order valence-corrected chi connectivity index (χ1v) is 9.60. The number of carbonyl (C=O) groups is 1. The maximum absolute atomic E-state index is 10.8. The van der Waals surface area contributed by atoms with Gasteiger partial charge in [0.2, 0.25) is 0 Å². The summed E-state index contributed by atoms with van der Waals surface area (Å²) in [6.45, 7) is 4.44. The molecule has 0 fully saturated rings. The number of rotatable bonds is 11. The monoisotopic (exact) mass is 588 g/mol. The second-order valence-electron chi connectivity index (χ2n) is 6.07. The van der Waals surface area contributed by atoms with Crippen LogP contribution in [0.3, 0.4) is 0 Å². The zero-order chi connectivity index (χ0) is 18.2. The molecule has 140 valence electrons. The molecule has 0 aliphatic carbocycles. The van der Waals surface area contributed by atoms with Gasteiger partial charge in [-0.25, -0.2) is 0 Å². The maximum Gasteiger partial charge on any atom is 0.303 e. The Bertz CT molecular complexity index is 650. The van der Waals surface area contributed by atoms with Crippen LogP contribution < -0.4 is 5.32 Å². The summed E-state index contributed by atoms with van der Waals surface area (Å²) in [5.74, 6) is -1.08. The van der Waals surface area contributed by atoms with E-state index in [9.17, 15) is 13.2 Å². The minimum atomic E-state index is -3.94. The molecule has 1 unspecified atom stereocenters. The quantitative estimate of drug-likeness (QED) is 0.209. The number of para-hydroxylation sites is 1. The Morgan fingerprint density at radius 1 is 1.28 bits per heavy atom. The van der Waals surface area contributed by atoms with Gasteiger partial charge in [0.1, 0.15) is 0 Å². The second-order valence-corrected chi connectivity index (χ2v) is 7.64. The van der Waals surface area contributed by atoms with Crippen molar-refractivity contribution in [2.45, 2.75) is 44.9 Å². The normalized spacial score (nSPS) is 13.6. The van der Waals surface area contributed by atoms with E-state index in [0.29, 0.717) is 25.8 Å². The van der Waals surface area contributed by atoms with Crippen LogP contribution in [0, 0.1) is 46.4 Å². The minimum absolute atomic E-state index is 0. The summed E-state index contributed by atoms with van der Waals surface area (Å²) < 4.78 is 30.3. The molecule has 0 amide bonds. The molecule has 25 heavy (non-hydrogen) atoms. The first-order valence-electron chi connectivity index (χ1n) is 7.99. The van der Waals surface area contributed by atoms with Crippen molar-refractivity contribution < 1.29 is 62.8 Å². The van der Waals surface area contributed by atoms with Crippen LogP contribution in [0.15, 0.2) is 24.3 Å². The number of carboxylic acid groups (broad SMARTS) is 1. The summed E-state index contributed by atoms with van der Waals surface area (Å²) in [7, 11) is -3.94. The Hall–Kier alpha value is -0.275. The fraction of sp³-hybridized carbons (Fsp3) is 0.529. The molecule has 3 N–H and O–H groups in total. The van der Waals surface area contributed by atoms with E-state index < -0.39 is 16.1 Å². The number of hydrogen-bond donors (Lipinski definition) is 3. The van der Waals surface area contributed by atoms with Gasteiger partial charge < -0.3 is 16.8 Å². The summed E-state index contributed by atoms with van der Waals surface area (Å²) in [4.78, 5) is 10.7. The van der Waals surface area contributed by atoms with Crippen molar-refractivity contribution in [3.05, 3.63) is 36.2 Å². The van der Waals surface area contributed by atoms with E-state index >= 15 is 0 Å². The molecule has 0 saturated heterocycles. The van der Waals surface area contributed by atoms with Crippen molar-refractivity contribution in [2.75, 3.05) is 17.6 Å². The van der Waals surface area contributed by atoms with Gasteiger partial charge >= 0.3 is 5.97 Å². The Morgan fingerprint density at radius 2 is 1.92 bits per heavy atom. The fourth-order valence-corrected chi connectivity index (χ4v) is 3.16. The van der Waals surface area contributed by atoms with Gasteiger partial charge in [0.15, 0.2) is 0 Å². The Kier molecular flexibility index (Phi) is 11.3. The molecule has 0 spiro atoms. The van der Waals surface area contributed by atoms with E-state index in [2.05, 4.69) is 18.7 Å². The molecule has 6 nitrogen and oxygen atoms in total. The molecule has 1 atom stereocenters. The van der Waals surface area contributed by atoms with Gasteiger partial charge in [0.25, 0.3) is 10.1 Å². The zero-order valence-electron chi connectivity index (χ0n) is 14.7. The summed E-state index contributed by atoms with van der Waals surface area (Å²) in [6.07, 6.45) is 3.78. The summed E-state index contributed by atoms with van der Waals surface area (Å²) in [5.41, 5.74) is 1.66. The van der Waals surface area contributed by atoms with Crippen molar-refractivity contribution >= 4 is 21.8 Å². The second kappa shape index (κ2) is 11.4. The van der Waals surface area contributed by atoms with Gasteiger partial charge in [0.05, 0.1) is 5.75 Å². The number of nitrogens with one attached hydrogen (secondary N) is 1. The Labute approximate surface area is 182 Å². The SMILES string of the molecule is C[CH-]C(C)(CCCC(=O)O)c1ccccc1NCCCS(=O)(=O)O.[Th]. The van der Waals surface area contributed by atoms with Crippen molar-refractivity contribution in [2.24, 2.45) is 0 Å². The van der Waals surface area contributed by atoms with Gasteiger partial charge in [-0.15, -0.1) is 5.41 Å². The first kappa shape index (κ1) is 24.7. The molecular weight excluding hydrogens is 562 g/mol. The van der Waals surface area contributed by atoms with Crippen LogP contribution in [0.2, 0.25) is 0 Å². The van der Waals surface area contributed by atoms with E-state index in [4.69, 9.17) is 9.66 Å². The smallest absolute Gasteiger partial charge is 0.303 e. The predicted molar refractivity (Wildman–Crippen MR) is 94.8 cm³/mol. The van der Waals surface area contributed by atoms with Gasteiger partial charge in [-0.1, -0.05) is 31.5 Å². The molecule has 0 aliphatic rings. The molecule has 1 aromatic rings. The predicted octanol–water partition coefficient (Wildman–Crippen LogP) is 3.11. The molecular formula is C17H26NO5STh-. The molecule has 1 aromatic carbocycles. The largest absolute Gasteiger partial charge is 0.481 e. The number of anilines is 1. The first-order chi connectivity index (χ1) is 11.2. The van der Waals surface area contributed by atoms with E-state index in [-0.39, 0.29) is 57.5 Å². The number of aliphatic carboxylic acids is 1. The molecule has 0 aliphatic heterocycles. The molecule has 1 rings (SSSR count). The van der Waals surface area contributed by atoms with Gasteiger partial charge in [-0.05, 0) is 24.5 Å². The van der Waals surface area contributed by atoms with Crippen molar-refractivity contribution in [1.82, 2.24) is 0 Å². The zero-order valence-corrected chi connectivity index (χ0v) is 19.6. The Morgan fingerprint density at radius 3 is 2.48 bits per heavy atom. The Balaban J connectivity index is 0.00000576. The molecule has 0 aromatic heterocycles. The van der Waals surface area contributed by atoms with Gasteiger partial charge in [0, 0.05) is 58.6 Å². The van der Waals surface area contributed by atoms with Crippen LogP contribution in [-0.2, 0) is 20.3 Å². The fourth-order valence-electron chi connectivity index (χ4n) is 2.65. The third-order valence-electron chi connectivity index (χ3n) is 4.16. The summed E-state index contributed by atoms with van der Waals surface area (Å²) in [6, 6.07) is 7.73. The molecule has 8 heteroatoms. The number of carboxylic acids is 1. The van der Waals surface area contributed by atoms with Crippen LogP contribution in [0.5, 0.6) is 0 Å². The van der Waals surface area contributed by atoms with Crippen molar-refractivity contribution in [1.29, 1.82) is 0 Å². The standard InChI is InChI=1S/C17H26NO5S.Th/c1-3-17(2,11-6-10-16(19)20)14-8-4-5-9-15(14)18-12-7-13-24(21,22)23;/h3-5,8-9,18H,6-7,10-13H2,1-2H3,(H,19,20)(H,21,22,23);/q-1;.